The summed E-state index contributed by atoms with van der Waals surface area (Å²) in [6.07, 6.45) is 9.92. The minimum atomic E-state index is 0.541. The van der Waals surface area contributed by atoms with Crippen LogP contribution >= 0.6 is 0 Å². The lowest BCUT2D eigenvalue weighted by atomic mass is 9.85. The van der Waals surface area contributed by atoms with E-state index in [0.29, 0.717) is 5.92 Å². The van der Waals surface area contributed by atoms with Crippen LogP contribution < -0.4 is 9.30 Å². The molecule has 0 saturated heterocycles. The van der Waals surface area contributed by atoms with Crippen LogP contribution in [0.1, 0.15) is 56.2 Å². The van der Waals surface area contributed by atoms with Crippen molar-refractivity contribution in [3.05, 3.63) is 77.5 Å². The SMILES string of the molecule is Cc1c2c(c(CC(C)C)c3ccccc13)Oc1cc3c(CC4CCCC4)cccc3c3cc[n+](C)c-2c13. The third-order valence-corrected chi connectivity index (χ3v) is 8.91. The second-order valence-electron chi connectivity index (χ2n) is 11.9. The topological polar surface area (TPSA) is 13.1 Å². The molecule has 1 saturated carbocycles. The first-order valence-corrected chi connectivity index (χ1v) is 14.1. The highest BCUT2D eigenvalue weighted by molar-refractivity contribution is 6.16. The van der Waals surface area contributed by atoms with Crippen molar-refractivity contribution < 1.29 is 9.30 Å². The highest BCUT2D eigenvalue weighted by Gasteiger charge is 2.33. The second-order valence-corrected chi connectivity index (χ2v) is 11.9. The van der Waals surface area contributed by atoms with Gasteiger partial charge >= 0.3 is 0 Å². The van der Waals surface area contributed by atoms with Gasteiger partial charge in [-0.2, -0.15) is 0 Å². The minimum absolute atomic E-state index is 0.541. The van der Waals surface area contributed by atoms with Gasteiger partial charge in [0, 0.05) is 17.0 Å². The van der Waals surface area contributed by atoms with E-state index >= 15 is 0 Å². The van der Waals surface area contributed by atoms with Crippen molar-refractivity contribution in [3.8, 4) is 22.8 Å². The summed E-state index contributed by atoms with van der Waals surface area (Å²) in [5, 5.41) is 7.93. The Kier molecular flexibility index (Phi) is 5.29. The number of benzene rings is 4. The van der Waals surface area contributed by atoms with Crippen LogP contribution in [-0.4, -0.2) is 0 Å². The minimum Gasteiger partial charge on any atom is -0.455 e. The number of rotatable bonds is 4. The average molecular weight is 487 g/mol. The van der Waals surface area contributed by atoms with E-state index in [4.69, 9.17) is 4.74 Å². The predicted molar refractivity (Wildman–Crippen MR) is 155 cm³/mol. The number of aromatic nitrogens is 1. The van der Waals surface area contributed by atoms with Gasteiger partial charge in [0.2, 0.25) is 5.69 Å². The van der Waals surface area contributed by atoms with Crippen LogP contribution in [0.3, 0.4) is 0 Å². The van der Waals surface area contributed by atoms with E-state index in [1.165, 1.54) is 92.4 Å². The number of aryl methyl sites for hydroxylation is 2. The number of pyridine rings is 1. The largest absolute Gasteiger partial charge is 0.455 e. The zero-order valence-electron chi connectivity index (χ0n) is 22.5. The van der Waals surface area contributed by atoms with Crippen molar-refractivity contribution in [1.82, 2.24) is 0 Å². The van der Waals surface area contributed by atoms with Crippen molar-refractivity contribution in [2.45, 2.75) is 59.3 Å². The summed E-state index contributed by atoms with van der Waals surface area (Å²) < 4.78 is 9.35. The second kappa shape index (κ2) is 8.58. The number of hydrogen-bond donors (Lipinski definition) is 0. The molecule has 0 bridgehead atoms. The highest BCUT2D eigenvalue weighted by Crippen LogP contribution is 2.52. The predicted octanol–water partition coefficient (Wildman–Crippen LogP) is 8.98. The molecule has 2 nitrogen and oxygen atoms in total. The van der Waals surface area contributed by atoms with Crippen molar-refractivity contribution in [1.29, 1.82) is 0 Å². The lowest BCUT2D eigenvalue weighted by molar-refractivity contribution is -0.659. The molecule has 2 heterocycles. The zero-order valence-corrected chi connectivity index (χ0v) is 22.5. The van der Waals surface area contributed by atoms with Crippen LogP contribution in [0.15, 0.2) is 60.8 Å². The van der Waals surface area contributed by atoms with Gasteiger partial charge in [-0.05, 0) is 70.3 Å². The van der Waals surface area contributed by atoms with Gasteiger partial charge in [-0.1, -0.05) is 82.0 Å². The van der Waals surface area contributed by atoms with E-state index in [-0.39, 0.29) is 0 Å². The van der Waals surface area contributed by atoms with Crippen molar-refractivity contribution >= 4 is 32.3 Å². The summed E-state index contributed by atoms with van der Waals surface area (Å²) in [7, 11) is 2.19. The molecule has 0 amide bonds. The number of ether oxygens (including phenoxy) is 1. The van der Waals surface area contributed by atoms with Gasteiger partial charge in [-0.25, -0.2) is 4.57 Å². The maximum atomic E-state index is 7.05. The molecule has 37 heavy (non-hydrogen) atoms. The summed E-state index contributed by atoms with van der Waals surface area (Å²) >= 11 is 0. The summed E-state index contributed by atoms with van der Waals surface area (Å²) in [6.45, 7) is 6.89. The molecule has 4 aromatic carbocycles. The lowest BCUT2D eigenvalue weighted by Gasteiger charge is -2.26. The number of fused-ring (bicyclic) bond motifs is 5. The van der Waals surface area contributed by atoms with E-state index in [9.17, 15) is 0 Å². The van der Waals surface area contributed by atoms with E-state index in [2.05, 4.69) is 93.2 Å². The first-order chi connectivity index (χ1) is 18.0. The van der Waals surface area contributed by atoms with Crippen LogP contribution in [0.5, 0.6) is 11.5 Å². The van der Waals surface area contributed by atoms with Gasteiger partial charge in [0.05, 0.1) is 10.9 Å². The quantitative estimate of drug-likeness (QED) is 0.179. The van der Waals surface area contributed by atoms with Crippen LogP contribution in [0.4, 0.5) is 0 Å². The third kappa shape index (κ3) is 3.49. The Bertz CT molecular complexity index is 1700. The summed E-state index contributed by atoms with van der Waals surface area (Å²) in [5.74, 6) is 3.43. The molecule has 0 unspecified atom stereocenters. The zero-order chi connectivity index (χ0) is 25.3. The van der Waals surface area contributed by atoms with Crippen LogP contribution in [-0.2, 0) is 19.9 Å². The van der Waals surface area contributed by atoms with Gasteiger partial charge in [0.25, 0.3) is 0 Å². The molecule has 1 fully saturated rings. The van der Waals surface area contributed by atoms with Gasteiger partial charge in [-0.3, -0.25) is 0 Å². The maximum Gasteiger partial charge on any atom is 0.228 e. The Morgan fingerprint density at radius 3 is 2.43 bits per heavy atom. The van der Waals surface area contributed by atoms with Crippen LogP contribution in [0, 0.1) is 18.8 Å². The molecule has 5 aromatic rings. The Morgan fingerprint density at radius 2 is 1.65 bits per heavy atom. The fraction of sp³-hybridized carbons (Fsp3) is 0.343. The summed E-state index contributed by atoms with van der Waals surface area (Å²) in [6, 6.07) is 20.5. The molecule has 0 atom stereocenters. The standard InChI is InChI=1S/C35H36NO/c1-21(2)18-30-26-14-8-7-13-25(26)22(3)32-34-33-28(16-17-36(34)4)27-15-9-12-24(19-23-10-5-6-11-23)29(27)20-31(33)37-35(30)32/h7-9,12-17,20-21,23H,5-6,10-11,18-19H2,1-4H3/q+1. The van der Waals surface area contributed by atoms with Gasteiger partial charge in [0.15, 0.2) is 6.20 Å². The Labute approximate surface area is 219 Å². The molecule has 0 N–H and O–H groups in total. The van der Waals surface area contributed by atoms with Gasteiger partial charge in [0.1, 0.15) is 18.5 Å². The summed E-state index contributed by atoms with van der Waals surface area (Å²) in [4.78, 5) is 0. The molecule has 2 heteroatoms. The molecule has 0 spiro atoms. The highest BCUT2D eigenvalue weighted by atomic mass is 16.5. The Morgan fingerprint density at radius 1 is 0.892 bits per heavy atom. The fourth-order valence-corrected chi connectivity index (χ4v) is 7.20. The molecule has 7 rings (SSSR count). The first-order valence-electron chi connectivity index (χ1n) is 14.1. The van der Waals surface area contributed by atoms with E-state index in [0.717, 1.165) is 23.8 Å². The van der Waals surface area contributed by atoms with Crippen LogP contribution in [0.25, 0.3) is 43.6 Å². The molecule has 1 aromatic heterocycles. The lowest BCUT2D eigenvalue weighted by Crippen LogP contribution is -2.32. The van der Waals surface area contributed by atoms with Gasteiger partial charge in [-0.15, -0.1) is 0 Å². The molecular weight excluding hydrogens is 450 g/mol. The van der Waals surface area contributed by atoms with E-state index in [1.54, 1.807) is 0 Å². The fourth-order valence-electron chi connectivity index (χ4n) is 7.20. The molecular formula is C35H36NO+. The Balaban J connectivity index is 1.56. The molecule has 0 radical (unpaired) electrons. The molecule has 2 aliphatic rings. The number of nitrogens with zero attached hydrogens (tertiary/aromatic N) is 1. The van der Waals surface area contributed by atoms with Crippen molar-refractivity contribution in [2.75, 3.05) is 0 Å². The molecule has 1 aliphatic heterocycles. The van der Waals surface area contributed by atoms with Crippen molar-refractivity contribution in [2.24, 2.45) is 18.9 Å². The van der Waals surface area contributed by atoms with Gasteiger partial charge < -0.3 is 4.74 Å². The summed E-state index contributed by atoms with van der Waals surface area (Å²) in [5.41, 5.74) is 6.67. The normalized spacial score (nSPS) is 15.2. The first kappa shape index (κ1) is 22.8. The molecule has 186 valence electrons. The average Bonchev–Trinajstić information content (AvgIpc) is 3.41. The van der Waals surface area contributed by atoms with E-state index < -0.39 is 0 Å². The van der Waals surface area contributed by atoms with E-state index in [1.807, 2.05) is 0 Å². The van der Waals surface area contributed by atoms with Crippen molar-refractivity contribution in [3.63, 3.8) is 0 Å². The number of hydrogen-bond acceptors (Lipinski definition) is 1. The Hall–Kier alpha value is -3.39. The van der Waals surface area contributed by atoms with Crippen LogP contribution in [0.2, 0.25) is 0 Å². The third-order valence-electron chi connectivity index (χ3n) is 8.91. The molecule has 1 aliphatic carbocycles. The maximum absolute atomic E-state index is 7.05. The monoisotopic (exact) mass is 486 g/mol. The smallest absolute Gasteiger partial charge is 0.228 e.